The summed E-state index contributed by atoms with van der Waals surface area (Å²) in [5.41, 5.74) is 3.95. The zero-order valence-electron chi connectivity index (χ0n) is 20.4. The fourth-order valence-electron chi connectivity index (χ4n) is 4.77. The SMILES string of the molecule is O=C(Nc1ccc(-c2cc(C3CCCC3)n(C(=O)NCCc3ccccc3)n2)c(O)c1)c1ccncc1. The number of aromatic hydroxyl groups is 1. The van der Waals surface area contributed by atoms with Crippen LogP contribution < -0.4 is 10.6 Å². The van der Waals surface area contributed by atoms with Gasteiger partial charge in [-0.2, -0.15) is 9.78 Å². The van der Waals surface area contributed by atoms with E-state index in [4.69, 9.17) is 0 Å². The van der Waals surface area contributed by atoms with Crippen molar-refractivity contribution in [3.8, 4) is 17.0 Å². The van der Waals surface area contributed by atoms with Crippen LogP contribution in [0.5, 0.6) is 5.75 Å². The second-order valence-corrected chi connectivity index (χ2v) is 9.24. The molecule has 1 fully saturated rings. The van der Waals surface area contributed by atoms with Crippen LogP contribution >= 0.6 is 0 Å². The number of aromatic nitrogens is 3. The lowest BCUT2D eigenvalue weighted by Gasteiger charge is -2.12. The van der Waals surface area contributed by atoms with Gasteiger partial charge in [0.05, 0.1) is 11.4 Å². The summed E-state index contributed by atoms with van der Waals surface area (Å²) in [6, 6.07) is 19.8. The number of hydrogen-bond acceptors (Lipinski definition) is 5. The molecule has 4 aromatic rings. The fourth-order valence-corrected chi connectivity index (χ4v) is 4.77. The molecule has 8 nitrogen and oxygen atoms in total. The molecule has 2 aromatic heterocycles. The van der Waals surface area contributed by atoms with Gasteiger partial charge in [-0.15, -0.1) is 0 Å². The molecule has 0 unspecified atom stereocenters. The molecule has 2 heterocycles. The van der Waals surface area contributed by atoms with Gasteiger partial charge in [-0.05, 0) is 55.2 Å². The molecule has 0 saturated heterocycles. The third-order valence-electron chi connectivity index (χ3n) is 6.71. The minimum absolute atomic E-state index is 0.0281. The Kier molecular flexibility index (Phi) is 7.26. The highest BCUT2D eigenvalue weighted by atomic mass is 16.3. The van der Waals surface area contributed by atoms with Crippen LogP contribution in [0.4, 0.5) is 10.5 Å². The molecule has 8 heteroatoms. The molecule has 5 rings (SSSR count). The summed E-state index contributed by atoms with van der Waals surface area (Å²) in [5.74, 6) is -0.0728. The standard InChI is InChI=1S/C29H29N5O3/c35-27-18-23(32-28(36)22-13-15-30-16-14-22)10-11-24(27)25-19-26(21-8-4-5-9-21)34(33-25)29(37)31-17-12-20-6-2-1-3-7-20/h1-3,6-7,10-11,13-16,18-19,21,35H,4-5,8-9,12,17H2,(H,31,37)(H,32,36). The van der Waals surface area contributed by atoms with E-state index in [1.165, 1.54) is 10.7 Å². The highest BCUT2D eigenvalue weighted by Crippen LogP contribution is 2.38. The van der Waals surface area contributed by atoms with Gasteiger partial charge in [0.25, 0.3) is 5.91 Å². The first-order valence-corrected chi connectivity index (χ1v) is 12.6. The maximum absolute atomic E-state index is 13.1. The minimum Gasteiger partial charge on any atom is -0.507 e. The second kappa shape index (κ2) is 11.1. The predicted molar refractivity (Wildman–Crippen MR) is 142 cm³/mol. The average Bonchev–Trinajstić information content (AvgIpc) is 3.60. The average molecular weight is 496 g/mol. The molecule has 1 aliphatic rings. The zero-order chi connectivity index (χ0) is 25.6. The summed E-state index contributed by atoms with van der Waals surface area (Å²) < 4.78 is 1.45. The number of anilines is 1. The van der Waals surface area contributed by atoms with Crippen LogP contribution in [0.15, 0.2) is 79.1 Å². The van der Waals surface area contributed by atoms with E-state index in [0.29, 0.717) is 29.1 Å². The zero-order valence-corrected chi connectivity index (χ0v) is 20.4. The Morgan fingerprint density at radius 3 is 2.46 bits per heavy atom. The van der Waals surface area contributed by atoms with Gasteiger partial charge >= 0.3 is 6.03 Å². The van der Waals surface area contributed by atoms with Crippen LogP contribution in [0.2, 0.25) is 0 Å². The van der Waals surface area contributed by atoms with Crippen molar-refractivity contribution in [2.75, 3.05) is 11.9 Å². The molecular formula is C29H29N5O3. The number of benzene rings is 2. The number of nitrogens with one attached hydrogen (secondary N) is 2. The Hall–Kier alpha value is -4.46. The quantitative estimate of drug-likeness (QED) is 0.320. The molecule has 37 heavy (non-hydrogen) atoms. The van der Waals surface area contributed by atoms with E-state index in [2.05, 4.69) is 20.7 Å². The van der Waals surface area contributed by atoms with Gasteiger partial charge in [-0.1, -0.05) is 43.2 Å². The number of hydrogen-bond donors (Lipinski definition) is 3. The van der Waals surface area contributed by atoms with E-state index in [-0.39, 0.29) is 23.6 Å². The summed E-state index contributed by atoms with van der Waals surface area (Å²) in [7, 11) is 0. The smallest absolute Gasteiger partial charge is 0.342 e. The first kappa shape index (κ1) is 24.2. The highest BCUT2D eigenvalue weighted by molar-refractivity contribution is 6.04. The van der Waals surface area contributed by atoms with Crippen molar-refractivity contribution in [1.82, 2.24) is 20.1 Å². The molecule has 1 saturated carbocycles. The first-order chi connectivity index (χ1) is 18.1. The van der Waals surface area contributed by atoms with Crippen molar-refractivity contribution in [2.45, 2.75) is 38.0 Å². The van der Waals surface area contributed by atoms with Crippen molar-refractivity contribution >= 4 is 17.6 Å². The van der Waals surface area contributed by atoms with Crippen molar-refractivity contribution in [3.05, 3.63) is 95.9 Å². The van der Waals surface area contributed by atoms with E-state index in [9.17, 15) is 14.7 Å². The molecule has 0 aliphatic heterocycles. The van der Waals surface area contributed by atoms with Gasteiger partial charge in [0.15, 0.2) is 0 Å². The monoisotopic (exact) mass is 495 g/mol. The lowest BCUT2D eigenvalue weighted by molar-refractivity contribution is 0.102. The van der Waals surface area contributed by atoms with Crippen LogP contribution in [-0.4, -0.2) is 38.4 Å². The molecule has 0 spiro atoms. The van der Waals surface area contributed by atoms with E-state index in [1.54, 1.807) is 36.7 Å². The first-order valence-electron chi connectivity index (χ1n) is 12.6. The van der Waals surface area contributed by atoms with Gasteiger partial charge in [0, 0.05) is 47.7 Å². The largest absolute Gasteiger partial charge is 0.507 e. The number of nitrogens with zero attached hydrogens (tertiary/aromatic N) is 3. The Morgan fingerprint density at radius 1 is 0.973 bits per heavy atom. The molecule has 0 bridgehead atoms. The summed E-state index contributed by atoms with van der Waals surface area (Å²) in [5, 5.41) is 21.2. The fraction of sp³-hybridized carbons (Fsp3) is 0.241. The Balaban J connectivity index is 1.34. The van der Waals surface area contributed by atoms with Crippen LogP contribution in [0.25, 0.3) is 11.3 Å². The summed E-state index contributed by atoms with van der Waals surface area (Å²) in [6.07, 6.45) is 8.09. The molecule has 0 radical (unpaired) electrons. The van der Waals surface area contributed by atoms with E-state index < -0.39 is 0 Å². The summed E-state index contributed by atoms with van der Waals surface area (Å²) in [4.78, 5) is 29.5. The number of amides is 2. The number of rotatable bonds is 7. The van der Waals surface area contributed by atoms with Gasteiger partial charge in [-0.3, -0.25) is 9.78 Å². The third kappa shape index (κ3) is 5.69. The highest BCUT2D eigenvalue weighted by Gasteiger charge is 2.26. The van der Waals surface area contributed by atoms with Gasteiger partial charge in [-0.25, -0.2) is 4.79 Å². The normalized spacial score (nSPS) is 13.4. The minimum atomic E-state index is -0.297. The number of pyridine rings is 1. The number of phenolic OH excluding ortho intramolecular Hbond substituents is 1. The third-order valence-corrected chi connectivity index (χ3v) is 6.71. The summed E-state index contributed by atoms with van der Waals surface area (Å²) >= 11 is 0. The van der Waals surface area contributed by atoms with E-state index in [0.717, 1.165) is 43.4 Å². The number of carbonyl (C=O) groups excluding carboxylic acids is 2. The Morgan fingerprint density at radius 2 is 1.73 bits per heavy atom. The second-order valence-electron chi connectivity index (χ2n) is 9.24. The van der Waals surface area contributed by atoms with Gasteiger partial charge < -0.3 is 15.7 Å². The topological polar surface area (TPSA) is 109 Å². The molecular weight excluding hydrogens is 466 g/mol. The number of carbonyl (C=O) groups is 2. The molecule has 2 aromatic carbocycles. The van der Waals surface area contributed by atoms with Crippen LogP contribution in [0.3, 0.4) is 0 Å². The van der Waals surface area contributed by atoms with Crippen molar-refractivity contribution in [3.63, 3.8) is 0 Å². The van der Waals surface area contributed by atoms with Crippen molar-refractivity contribution in [2.24, 2.45) is 0 Å². The number of phenols is 1. The van der Waals surface area contributed by atoms with Crippen LogP contribution in [-0.2, 0) is 6.42 Å². The lowest BCUT2D eigenvalue weighted by atomic mass is 10.0. The van der Waals surface area contributed by atoms with Gasteiger partial charge in [0.1, 0.15) is 5.75 Å². The molecule has 2 amide bonds. The van der Waals surface area contributed by atoms with Crippen LogP contribution in [0, 0.1) is 0 Å². The van der Waals surface area contributed by atoms with Crippen molar-refractivity contribution in [1.29, 1.82) is 0 Å². The maximum atomic E-state index is 13.1. The molecule has 1 aliphatic carbocycles. The summed E-state index contributed by atoms with van der Waals surface area (Å²) in [6.45, 7) is 0.499. The van der Waals surface area contributed by atoms with Gasteiger partial charge in [0.2, 0.25) is 0 Å². The van der Waals surface area contributed by atoms with E-state index >= 15 is 0 Å². The van der Waals surface area contributed by atoms with E-state index in [1.807, 2.05) is 36.4 Å². The Labute approximate surface area is 215 Å². The maximum Gasteiger partial charge on any atom is 0.342 e. The lowest BCUT2D eigenvalue weighted by Crippen LogP contribution is -2.32. The molecule has 3 N–H and O–H groups in total. The molecule has 0 atom stereocenters. The Bertz CT molecular complexity index is 1380. The molecule has 188 valence electrons. The van der Waals surface area contributed by atoms with Crippen molar-refractivity contribution < 1.29 is 14.7 Å². The van der Waals surface area contributed by atoms with Crippen LogP contribution in [0.1, 0.15) is 53.2 Å². The predicted octanol–water partition coefficient (Wildman–Crippen LogP) is 5.36.